The van der Waals surface area contributed by atoms with Crippen molar-refractivity contribution in [2.45, 2.75) is 32.0 Å². The van der Waals surface area contributed by atoms with E-state index >= 15 is 0 Å². The van der Waals surface area contributed by atoms with E-state index in [1.807, 2.05) is 12.1 Å². The van der Waals surface area contributed by atoms with Crippen LogP contribution < -0.4 is 15.4 Å². The van der Waals surface area contributed by atoms with Crippen molar-refractivity contribution in [3.63, 3.8) is 0 Å². The number of halogens is 1. The average Bonchev–Trinajstić information content (AvgIpc) is 3.22. The van der Waals surface area contributed by atoms with Crippen molar-refractivity contribution in [2.24, 2.45) is 0 Å². The number of rotatable bonds is 7. The Bertz CT molecular complexity index is 819. The Balaban J connectivity index is 1.60. The Hall–Kier alpha value is -2.38. The molecule has 0 radical (unpaired) electrons. The van der Waals surface area contributed by atoms with Crippen molar-refractivity contribution in [3.8, 4) is 5.75 Å². The van der Waals surface area contributed by atoms with E-state index in [1.54, 1.807) is 43.3 Å². The minimum Gasteiger partial charge on any atom is -0.481 e. The highest BCUT2D eigenvalue weighted by molar-refractivity contribution is 9.10. The van der Waals surface area contributed by atoms with E-state index in [0.29, 0.717) is 23.5 Å². The van der Waals surface area contributed by atoms with E-state index in [1.165, 1.54) is 0 Å². The van der Waals surface area contributed by atoms with Crippen LogP contribution in [0.5, 0.6) is 5.75 Å². The van der Waals surface area contributed by atoms with Gasteiger partial charge in [-0.05, 0) is 56.2 Å². The van der Waals surface area contributed by atoms with Gasteiger partial charge in [0.1, 0.15) is 5.75 Å². The van der Waals surface area contributed by atoms with E-state index in [0.717, 1.165) is 23.9 Å². The highest BCUT2D eigenvalue weighted by atomic mass is 79.9. The second-order valence-corrected chi connectivity index (χ2v) is 7.51. The first kappa shape index (κ1) is 20.4. The van der Waals surface area contributed by atoms with Gasteiger partial charge in [-0.1, -0.05) is 28.1 Å². The average molecular weight is 447 g/mol. The number of nitrogens with one attached hydrogen (secondary N) is 2. The van der Waals surface area contributed by atoms with E-state index in [4.69, 9.17) is 9.47 Å². The van der Waals surface area contributed by atoms with Gasteiger partial charge in [-0.2, -0.15) is 0 Å². The Morgan fingerprint density at radius 1 is 1.21 bits per heavy atom. The third kappa shape index (κ3) is 5.56. The number of ether oxygens (including phenoxy) is 2. The minimum absolute atomic E-state index is 0.0602. The fourth-order valence-electron chi connectivity index (χ4n) is 2.90. The standard InChI is InChI=1S/C21H23BrN2O4/c1-14(28-16-10-8-15(22)9-11-16)20(25)24-19-7-3-2-6-18(19)21(26)23-13-17-5-4-12-27-17/h2-3,6-11,14,17H,4-5,12-13H2,1H3,(H,23,26)(H,24,25)/t14-,17+/m0/s1. The summed E-state index contributed by atoms with van der Waals surface area (Å²) in [6.45, 7) is 2.87. The van der Waals surface area contributed by atoms with Crippen LogP contribution in [0.3, 0.4) is 0 Å². The van der Waals surface area contributed by atoms with Crippen molar-refractivity contribution in [2.75, 3.05) is 18.5 Å². The third-order valence-electron chi connectivity index (χ3n) is 4.44. The maximum atomic E-state index is 12.5. The molecule has 1 heterocycles. The summed E-state index contributed by atoms with van der Waals surface area (Å²) in [5, 5.41) is 5.66. The Morgan fingerprint density at radius 2 is 1.96 bits per heavy atom. The lowest BCUT2D eigenvalue weighted by Gasteiger charge is -2.17. The fourth-order valence-corrected chi connectivity index (χ4v) is 3.17. The van der Waals surface area contributed by atoms with Crippen molar-refractivity contribution in [1.82, 2.24) is 5.32 Å². The third-order valence-corrected chi connectivity index (χ3v) is 4.97. The smallest absolute Gasteiger partial charge is 0.265 e. The molecule has 1 aliphatic heterocycles. The number of hydrogen-bond acceptors (Lipinski definition) is 4. The Labute approximate surface area is 172 Å². The van der Waals surface area contributed by atoms with E-state index < -0.39 is 6.10 Å². The SMILES string of the molecule is C[C@H](Oc1ccc(Br)cc1)C(=O)Nc1ccccc1C(=O)NC[C@H]1CCCO1. The normalized spacial score (nSPS) is 17.0. The van der Waals surface area contributed by atoms with Crippen LogP contribution in [0.2, 0.25) is 0 Å². The summed E-state index contributed by atoms with van der Waals surface area (Å²) in [6, 6.07) is 14.2. The lowest BCUT2D eigenvalue weighted by molar-refractivity contribution is -0.122. The summed E-state index contributed by atoms with van der Waals surface area (Å²) in [4.78, 5) is 25.1. The molecule has 1 saturated heterocycles. The number of anilines is 1. The van der Waals surface area contributed by atoms with Gasteiger partial charge in [0.05, 0.1) is 17.4 Å². The molecule has 2 aromatic carbocycles. The first-order valence-corrected chi connectivity index (χ1v) is 10.0. The topological polar surface area (TPSA) is 76.7 Å². The molecule has 2 amide bonds. The van der Waals surface area contributed by atoms with E-state index in [9.17, 15) is 9.59 Å². The zero-order valence-corrected chi connectivity index (χ0v) is 17.2. The molecule has 7 heteroatoms. The van der Waals surface area contributed by atoms with Crippen molar-refractivity contribution in [1.29, 1.82) is 0 Å². The molecule has 0 saturated carbocycles. The number of benzene rings is 2. The van der Waals surface area contributed by atoms with Crippen LogP contribution in [-0.4, -0.2) is 37.2 Å². The van der Waals surface area contributed by atoms with Gasteiger partial charge in [-0.25, -0.2) is 0 Å². The lowest BCUT2D eigenvalue weighted by atomic mass is 10.1. The molecule has 0 unspecified atom stereocenters. The zero-order valence-electron chi connectivity index (χ0n) is 15.6. The van der Waals surface area contributed by atoms with E-state index in [-0.39, 0.29) is 17.9 Å². The largest absolute Gasteiger partial charge is 0.481 e. The van der Waals surface area contributed by atoms with Crippen LogP contribution in [-0.2, 0) is 9.53 Å². The highest BCUT2D eigenvalue weighted by Gasteiger charge is 2.20. The zero-order chi connectivity index (χ0) is 19.9. The monoisotopic (exact) mass is 446 g/mol. The molecule has 28 heavy (non-hydrogen) atoms. The van der Waals surface area contributed by atoms with Crippen molar-refractivity contribution in [3.05, 3.63) is 58.6 Å². The summed E-state index contributed by atoms with van der Waals surface area (Å²) >= 11 is 3.36. The molecule has 2 atom stereocenters. The molecule has 2 aromatic rings. The summed E-state index contributed by atoms with van der Waals surface area (Å²) in [7, 11) is 0. The molecule has 1 fully saturated rings. The van der Waals surface area contributed by atoms with Gasteiger partial charge in [0.2, 0.25) is 0 Å². The van der Waals surface area contributed by atoms with Gasteiger partial charge in [0.15, 0.2) is 6.10 Å². The molecule has 3 rings (SSSR count). The first-order chi connectivity index (χ1) is 13.5. The second kappa shape index (κ2) is 9.71. The molecule has 0 spiro atoms. The fraction of sp³-hybridized carbons (Fsp3) is 0.333. The Kier molecular flexibility index (Phi) is 7.06. The number of carbonyl (C=O) groups is 2. The lowest BCUT2D eigenvalue weighted by Crippen LogP contribution is -2.34. The van der Waals surface area contributed by atoms with Crippen LogP contribution in [0.4, 0.5) is 5.69 Å². The predicted octanol–water partition coefficient (Wildman–Crippen LogP) is 3.76. The molecule has 1 aliphatic rings. The molecule has 148 valence electrons. The summed E-state index contributed by atoms with van der Waals surface area (Å²) in [6.07, 6.45) is 1.31. The maximum Gasteiger partial charge on any atom is 0.265 e. The van der Waals surface area contributed by atoms with Gasteiger partial charge >= 0.3 is 0 Å². The van der Waals surface area contributed by atoms with Crippen LogP contribution in [0.1, 0.15) is 30.1 Å². The number of hydrogen-bond donors (Lipinski definition) is 2. The number of amides is 2. The molecule has 0 aliphatic carbocycles. The van der Waals surface area contributed by atoms with Crippen molar-refractivity contribution >= 4 is 33.4 Å². The second-order valence-electron chi connectivity index (χ2n) is 6.59. The first-order valence-electron chi connectivity index (χ1n) is 9.25. The van der Waals surface area contributed by atoms with Crippen LogP contribution >= 0.6 is 15.9 Å². The van der Waals surface area contributed by atoms with Gasteiger partial charge in [-0.15, -0.1) is 0 Å². The predicted molar refractivity (Wildman–Crippen MR) is 111 cm³/mol. The summed E-state index contributed by atoms with van der Waals surface area (Å²) < 4.78 is 12.1. The summed E-state index contributed by atoms with van der Waals surface area (Å²) in [5.74, 6) is 0.0172. The van der Waals surface area contributed by atoms with Gasteiger partial charge in [-0.3, -0.25) is 9.59 Å². The molecule has 6 nitrogen and oxygen atoms in total. The van der Waals surface area contributed by atoms with Crippen LogP contribution in [0.25, 0.3) is 0 Å². The number of carbonyl (C=O) groups excluding carboxylic acids is 2. The molecule has 2 N–H and O–H groups in total. The molecule has 0 bridgehead atoms. The van der Waals surface area contributed by atoms with Gasteiger partial charge in [0, 0.05) is 17.6 Å². The van der Waals surface area contributed by atoms with Gasteiger partial charge in [0.25, 0.3) is 11.8 Å². The molecular formula is C21H23BrN2O4. The maximum absolute atomic E-state index is 12.5. The Morgan fingerprint density at radius 3 is 2.68 bits per heavy atom. The van der Waals surface area contributed by atoms with Crippen molar-refractivity contribution < 1.29 is 19.1 Å². The quantitative estimate of drug-likeness (QED) is 0.678. The molecular weight excluding hydrogens is 424 g/mol. The molecule has 0 aromatic heterocycles. The van der Waals surface area contributed by atoms with Gasteiger partial charge < -0.3 is 20.1 Å². The van der Waals surface area contributed by atoms with E-state index in [2.05, 4.69) is 26.6 Å². The highest BCUT2D eigenvalue weighted by Crippen LogP contribution is 2.19. The van der Waals surface area contributed by atoms with Crippen LogP contribution in [0.15, 0.2) is 53.0 Å². The minimum atomic E-state index is -0.718. The summed E-state index contributed by atoms with van der Waals surface area (Å²) in [5.41, 5.74) is 0.855. The van der Waals surface area contributed by atoms with Crippen LogP contribution in [0, 0.1) is 0 Å². The number of para-hydroxylation sites is 1.